The van der Waals surface area contributed by atoms with Gasteiger partial charge >= 0.3 is 0 Å². The molecule has 0 spiro atoms. The van der Waals surface area contributed by atoms with Crippen LogP contribution in [0.4, 0.5) is 0 Å². The van der Waals surface area contributed by atoms with E-state index in [2.05, 4.69) is 182 Å². The number of aromatic nitrogens is 1. The van der Waals surface area contributed by atoms with Crippen LogP contribution in [0, 0.1) is 0 Å². The first-order valence-corrected chi connectivity index (χ1v) is 17.4. The van der Waals surface area contributed by atoms with E-state index >= 15 is 0 Å². The molecule has 0 aliphatic carbocycles. The molecule has 0 bridgehead atoms. The highest BCUT2D eigenvalue weighted by Gasteiger charge is 2.17. The lowest BCUT2D eigenvalue weighted by Gasteiger charge is -2.12. The van der Waals surface area contributed by atoms with E-state index in [9.17, 15) is 0 Å². The molecule has 0 unspecified atom stereocenters. The molecule has 0 saturated heterocycles. The van der Waals surface area contributed by atoms with E-state index < -0.39 is 0 Å². The first-order valence-electron chi connectivity index (χ1n) is 17.4. The van der Waals surface area contributed by atoms with Crippen LogP contribution in [0.15, 0.2) is 192 Å². The van der Waals surface area contributed by atoms with Gasteiger partial charge in [-0.1, -0.05) is 152 Å². The molecule has 0 atom stereocenters. The molecule has 10 rings (SSSR count). The molecule has 0 aliphatic heterocycles. The third-order valence-electron chi connectivity index (χ3n) is 10.1. The zero-order chi connectivity index (χ0) is 33.7. The summed E-state index contributed by atoms with van der Waals surface area (Å²) in [5.74, 6) is 0. The molecular formula is C49H31NO. The standard InChI is InChI=1S/C49H31NO/c1-3-12-32(13-4-1)38-30-45(35-14-5-2-6-15-35)50-46(31-38)42-20-11-21-48-49(42)44-28-36(26-27-47(44)51-48)33-22-24-34(25-23-33)43-29-37-16-7-8-17-39(37)40-18-9-10-19-41(40)43/h1-31H. The number of rotatable bonds is 5. The Morgan fingerprint density at radius 2 is 0.941 bits per heavy atom. The summed E-state index contributed by atoms with van der Waals surface area (Å²) in [4.78, 5) is 5.25. The van der Waals surface area contributed by atoms with Gasteiger partial charge < -0.3 is 4.42 Å². The van der Waals surface area contributed by atoms with Crippen LogP contribution in [0.3, 0.4) is 0 Å². The Hall–Kier alpha value is -6.77. The van der Waals surface area contributed by atoms with Crippen molar-refractivity contribution in [3.05, 3.63) is 188 Å². The predicted molar refractivity (Wildman–Crippen MR) is 214 cm³/mol. The van der Waals surface area contributed by atoms with Gasteiger partial charge in [0.2, 0.25) is 0 Å². The molecule has 238 valence electrons. The summed E-state index contributed by atoms with van der Waals surface area (Å²) in [7, 11) is 0. The maximum Gasteiger partial charge on any atom is 0.136 e. The monoisotopic (exact) mass is 649 g/mol. The van der Waals surface area contributed by atoms with Crippen molar-refractivity contribution in [2.45, 2.75) is 0 Å². The Morgan fingerprint density at radius 1 is 0.314 bits per heavy atom. The fourth-order valence-electron chi connectivity index (χ4n) is 7.58. The fourth-order valence-corrected chi connectivity index (χ4v) is 7.58. The quantitative estimate of drug-likeness (QED) is 0.173. The Morgan fingerprint density at radius 3 is 1.75 bits per heavy atom. The topological polar surface area (TPSA) is 26.0 Å². The molecule has 51 heavy (non-hydrogen) atoms. The van der Waals surface area contributed by atoms with E-state index in [1.807, 2.05) is 6.07 Å². The van der Waals surface area contributed by atoms with E-state index in [0.29, 0.717) is 0 Å². The average molecular weight is 650 g/mol. The molecule has 0 amide bonds. The molecular weight excluding hydrogens is 619 g/mol. The maximum atomic E-state index is 6.46. The summed E-state index contributed by atoms with van der Waals surface area (Å²) in [6.45, 7) is 0. The number of hydrogen-bond acceptors (Lipinski definition) is 2. The van der Waals surface area contributed by atoms with Gasteiger partial charge in [0, 0.05) is 21.9 Å². The predicted octanol–water partition coefficient (Wildman–Crippen LogP) is 13.6. The van der Waals surface area contributed by atoms with Gasteiger partial charge in [-0.25, -0.2) is 4.98 Å². The van der Waals surface area contributed by atoms with Crippen LogP contribution in [0.2, 0.25) is 0 Å². The molecule has 0 saturated carbocycles. The SMILES string of the molecule is c1ccc(-c2cc(-c3ccccc3)nc(-c3cccc4oc5ccc(-c6ccc(-c7cc8ccccc8c8ccccc78)cc6)cc5c34)c2)cc1. The smallest absolute Gasteiger partial charge is 0.136 e. The van der Waals surface area contributed by atoms with Crippen molar-refractivity contribution in [1.82, 2.24) is 4.98 Å². The van der Waals surface area contributed by atoms with Crippen LogP contribution in [-0.4, -0.2) is 4.98 Å². The number of benzene rings is 8. The van der Waals surface area contributed by atoms with Gasteiger partial charge in [-0.3, -0.25) is 0 Å². The number of nitrogens with zero attached hydrogens (tertiary/aromatic N) is 1. The number of pyridine rings is 1. The normalized spacial score (nSPS) is 11.5. The van der Waals surface area contributed by atoms with Crippen molar-refractivity contribution in [1.29, 1.82) is 0 Å². The lowest BCUT2D eigenvalue weighted by atomic mass is 9.92. The van der Waals surface area contributed by atoms with Crippen molar-refractivity contribution in [3.8, 4) is 55.9 Å². The number of fused-ring (bicyclic) bond motifs is 6. The molecule has 10 aromatic rings. The molecule has 0 aliphatic rings. The summed E-state index contributed by atoms with van der Waals surface area (Å²) in [6, 6.07) is 66.8. The molecule has 2 aromatic heterocycles. The minimum Gasteiger partial charge on any atom is -0.456 e. The van der Waals surface area contributed by atoms with Crippen LogP contribution in [0.25, 0.3) is 99.4 Å². The first-order chi connectivity index (χ1) is 25.3. The van der Waals surface area contributed by atoms with Crippen LogP contribution in [0.1, 0.15) is 0 Å². The molecule has 0 N–H and O–H groups in total. The van der Waals surface area contributed by atoms with Crippen molar-refractivity contribution in [3.63, 3.8) is 0 Å². The highest BCUT2D eigenvalue weighted by Crippen LogP contribution is 2.41. The van der Waals surface area contributed by atoms with Gasteiger partial charge in [0.25, 0.3) is 0 Å². The second kappa shape index (κ2) is 12.0. The van der Waals surface area contributed by atoms with E-state index in [0.717, 1.165) is 66.7 Å². The second-order valence-electron chi connectivity index (χ2n) is 13.1. The van der Waals surface area contributed by atoms with Gasteiger partial charge in [0.15, 0.2) is 0 Å². The highest BCUT2D eigenvalue weighted by molar-refractivity contribution is 6.15. The minimum atomic E-state index is 0.853. The van der Waals surface area contributed by atoms with E-state index in [1.54, 1.807) is 0 Å². The van der Waals surface area contributed by atoms with E-state index in [1.165, 1.54) is 32.7 Å². The van der Waals surface area contributed by atoms with Crippen molar-refractivity contribution >= 4 is 43.5 Å². The average Bonchev–Trinajstić information content (AvgIpc) is 3.59. The third-order valence-corrected chi connectivity index (χ3v) is 10.1. The van der Waals surface area contributed by atoms with Gasteiger partial charge in [0.05, 0.1) is 11.4 Å². The number of furan rings is 1. The zero-order valence-electron chi connectivity index (χ0n) is 27.8. The number of hydrogen-bond donors (Lipinski definition) is 0. The Bertz CT molecular complexity index is 2830. The fraction of sp³-hybridized carbons (Fsp3) is 0. The molecule has 2 nitrogen and oxygen atoms in total. The summed E-state index contributed by atoms with van der Waals surface area (Å²) in [5.41, 5.74) is 12.8. The summed E-state index contributed by atoms with van der Waals surface area (Å²) in [5, 5.41) is 7.24. The molecule has 8 aromatic carbocycles. The van der Waals surface area contributed by atoms with Crippen molar-refractivity contribution in [2.24, 2.45) is 0 Å². The van der Waals surface area contributed by atoms with Crippen LogP contribution in [-0.2, 0) is 0 Å². The molecule has 0 fully saturated rings. The van der Waals surface area contributed by atoms with Gasteiger partial charge in [0.1, 0.15) is 11.2 Å². The van der Waals surface area contributed by atoms with E-state index in [4.69, 9.17) is 9.40 Å². The zero-order valence-corrected chi connectivity index (χ0v) is 27.8. The molecule has 2 heterocycles. The Kier molecular flexibility index (Phi) is 6.85. The Balaban J connectivity index is 1.10. The summed E-state index contributed by atoms with van der Waals surface area (Å²) >= 11 is 0. The van der Waals surface area contributed by atoms with Gasteiger partial charge in [-0.05, 0) is 91.3 Å². The van der Waals surface area contributed by atoms with Crippen LogP contribution in [0.5, 0.6) is 0 Å². The third kappa shape index (κ3) is 5.08. The highest BCUT2D eigenvalue weighted by atomic mass is 16.3. The van der Waals surface area contributed by atoms with Gasteiger partial charge in [-0.2, -0.15) is 0 Å². The van der Waals surface area contributed by atoms with Crippen LogP contribution >= 0.6 is 0 Å². The largest absolute Gasteiger partial charge is 0.456 e. The van der Waals surface area contributed by atoms with Crippen molar-refractivity contribution < 1.29 is 4.42 Å². The van der Waals surface area contributed by atoms with Crippen molar-refractivity contribution in [2.75, 3.05) is 0 Å². The summed E-state index contributed by atoms with van der Waals surface area (Å²) in [6.07, 6.45) is 0. The van der Waals surface area contributed by atoms with Crippen LogP contribution < -0.4 is 0 Å². The lowest BCUT2D eigenvalue weighted by Crippen LogP contribution is -1.91. The first kappa shape index (κ1) is 29.2. The van der Waals surface area contributed by atoms with E-state index in [-0.39, 0.29) is 0 Å². The second-order valence-corrected chi connectivity index (χ2v) is 13.1. The summed E-state index contributed by atoms with van der Waals surface area (Å²) < 4.78 is 6.46. The minimum absolute atomic E-state index is 0.853. The maximum absolute atomic E-state index is 6.46. The van der Waals surface area contributed by atoms with Gasteiger partial charge in [-0.15, -0.1) is 0 Å². The molecule has 0 radical (unpaired) electrons. The molecule has 2 heteroatoms. The lowest BCUT2D eigenvalue weighted by molar-refractivity contribution is 0.669. The Labute approximate surface area is 295 Å².